The van der Waals surface area contributed by atoms with E-state index in [1.807, 2.05) is 23.7 Å². The summed E-state index contributed by atoms with van der Waals surface area (Å²) in [5.41, 5.74) is 2.91. The molecule has 1 heterocycles. The van der Waals surface area contributed by atoms with Gasteiger partial charge in [0.2, 0.25) is 0 Å². The molecule has 0 N–H and O–H groups in total. The van der Waals surface area contributed by atoms with E-state index in [-0.39, 0.29) is 0 Å². The standard InChI is InChI=1S/C7H4NS.BrH.Zn/c1-2-4-7-6(3-1)8-5-9-7;;/h1,3-5H;1H;/q-1;;+2/p-1. The van der Waals surface area contributed by atoms with Gasteiger partial charge in [0.15, 0.2) is 0 Å². The monoisotopic (exact) mass is 277 g/mol. The van der Waals surface area contributed by atoms with Crippen LogP contribution in [0.15, 0.2) is 23.7 Å². The predicted octanol–water partition coefficient (Wildman–Crippen LogP) is 2.94. The minimum absolute atomic E-state index is 1.07. The van der Waals surface area contributed by atoms with E-state index in [0.29, 0.717) is 0 Å². The maximum absolute atomic E-state index is 4.12. The number of nitrogens with zero attached hydrogens (tertiary/aromatic N) is 1. The van der Waals surface area contributed by atoms with Crippen molar-refractivity contribution < 1.29 is 16.3 Å². The van der Waals surface area contributed by atoms with Crippen molar-refractivity contribution in [2.24, 2.45) is 0 Å². The van der Waals surface area contributed by atoms with Crippen molar-refractivity contribution in [1.82, 2.24) is 4.98 Å². The molecule has 0 radical (unpaired) electrons. The molecule has 0 saturated heterocycles. The van der Waals surface area contributed by atoms with E-state index in [1.165, 1.54) is 21.0 Å². The maximum atomic E-state index is 4.12. The van der Waals surface area contributed by atoms with Crippen LogP contribution in [0.5, 0.6) is 0 Å². The summed E-state index contributed by atoms with van der Waals surface area (Å²) in [6.45, 7) is 0. The van der Waals surface area contributed by atoms with E-state index >= 15 is 0 Å². The minimum atomic E-state index is 1.07. The third-order valence-corrected chi connectivity index (χ3v) is 1.97. The van der Waals surface area contributed by atoms with Crippen molar-refractivity contribution in [2.45, 2.75) is 0 Å². The number of hydrogen-bond acceptors (Lipinski definition) is 2. The van der Waals surface area contributed by atoms with Gasteiger partial charge in [0.25, 0.3) is 0 Å². The summed E-state index contributed by atoms with van der Waals surface area (Å²) in [6.07, 6.45) is 0. The molecule has 0 aliphatic carbocycles. The molecule has 1 nitrogen and oxygen atoms in total. The first-order valence-electron chi connectivity index (χ1n) is 2.93. The van der Waals surface area contributed by atoms with E-state index in [4.69, 9.17) is 0 Å². The first-order chi connectivity index (χ1) is 5.47. The molecule has 0 amide bonds. The van der Waals surface area contributed by atoms with Gasteiger partial charge in [-0.3, -0.25) is 4.98 Å². The van der Waals surface area contributed by atoms with Gasteiger partial charge in [0.1, 0.15) is 0 Å². The Hall–Kier alpha value is 0.213. The van der Waals surface area contributed by atoms with Crippen molar-refractivity contribution in [1.29, 1.82) is 0 Å². The predicted molar refractivity (Wildman–Crippen MR) is 47.4 cm³/mol. The van der Waals surface area contributed by atoms with Gasteiger partial charge in [-0.15, -0.1) is 6.07 Å². The molecular formula is C7H4BrNSZn. The van der Waals surface area contributed by atoms with Crippen LogP contribution < -0.4 is 0 Å². The largest absolute Gasteiger partial charge is 0.272 e. The van der Waals surface area contributed by atoms with Crippen LogP contribution in [0, 0.1) is 6.07 Å². The second kappa shape index (κ2) is 4.97. The fraction of sp³-hybridized carbons (Fsp3) is 0. The van der Waals surface area contributed by atoms with Crippen LogP contribution in [-0.2, 0) is 16.3 Å². The Kier molecular flexibility index (Phi) is 4.20. The minimum Gasteiger partial charge on any atom is -0.272 e. The average Bonchev–Trinajstić information content (AvgIpc) is 2.55. The van der Waals surface area contributed by atoms with Crippen molar-refractivity contribution in [3.63, 3.8) is 0 Å². The van der Waals surface area contributed by atoms with Crippen LogP contribution in [0.4, 0.5) is 0 Å². The molecule has 0 aliphatic rings. The molecule has 1 aromatic carbocycles. The molecule has 0 atom stereocenters. The summed E-state index contributed by atoms with van der Waals surface area (Å²) in [4.78, 5) is 4.12. The Morgan fingerprint density at radius 3 is 3.09 bits per heavy atom. The maximum Gasteiger partial charge on any atom is 0.0657 e. The molecule has 0 unspecified atom stereocenters. The van der Waals surface area contributed by atoms with Crippen molar-refractivity contribution in [3.8, 4) is 0 Å². The third kappa shape index (κ3) is 2.33. The zero-order valence-electron chi connectivity index (χ0n) is 5.75. The van der Waals surface area contributed by atoms with Gasteiger partial charge in [-0.2, -0.15) is 29.5 Å². The quantitative estimate of drug-likeness (QED) is 0.534. The molecule has 2 rings (SSSR count). The van der Waals surface area contributed by atoms with Gasteiger partial charge < -0.3 is 0 Å². The molecule has 0 aliphatic heterocycles. The summed E-state index contributed by atoms with van der Waals surface area (Å²) in [6, 6.07) is 8.78. The number of thiazole rings is 1. The van der Waals surface area contributed by atoms with Crippen molar-refractivity contribution >= 4 is 35.2 Å². The zero-order chi connectivity index (χ0) is 8.10. The number of fused-ring (bicyclic) bond motifs is 1. The molecule has 0 spiro atoms. The van der Waals surface area contributed by atoms with Crippen LogP contribution in [0.25, 0.3) is 10.2 Å². The number of halogens is 1. The fourth-order valence-electron chi connectivity index (χ4n) is 0.748. The Labute approximate surface area is 85.9 Å². The van der Waals surface area contributed by atoms with Gasteiger partial charge in [0.05, 0.1) is 5.51 Å². The van der Waals surface area contributed by atoms with Crippen LogP contribution >= 0.6 is 25.0 Å². The topological polar surface area (TPSA) is 12.9 Å². The van der Waals surface area contributed by atoms with Gasteiger partial charge in [0, 0.05) is 0 Å². The number of benzene rings is 1. The van der Waals surface area contributed by atoms with Gasteiger partial charge >= 0.3 is 30.0 Å². The second-order valence-corrected chi connectivity index (χ2v) is 2.63. The first kappa shape index (κ1) is 9.30. The van der Waals surface area contributed by atoms with Gasteiger partial charge in [-0.05, 0) is 5.52 Å². The SMILES string of the molecule is [Zn+][Br].[c-]1ccc2ncsc2c1. The van der Waals surface area contributed by atoms with Crippen LogP contribution in [0.1, 0.15) is 0 Å². The van der Waals surface area contributed by atoms with E-state index in [1.54, 1.807) is 11.3 Å². The summed E-state index contributed by atoms with van der Waals surface area (Å²) in [5.74, 6) is 0. The Balaban J connectivity index is 0.000000281. The Morgan fingerprint density at radius 1 is 1.55 bits per heavy atom. The molecule has 0 saturated carbocycles. The molecule has 2 aromatic rings. The number of hydrogen-bond donors (Lipinski definition) is 0. The molecule has 4 heteroatoms. The van der Waals surface area contributed by atoms with E-state index in [9.17, 15) is 0 Å². The van der Waals surface area contributed by atoms with E-state index in [0.717, 1.165) is 5.52 Å². The van der Waals surface area contributed by atoms with Crippen LogP contribution in [-0.4, -0.2) is 4.98 Å². The smallest absolute Gasteiger partial charge is 0.0657 e. The third-order valence-electron chi connectivity index (χ3n) is 1.18. The number of rotatable bonds is 0. The summed E-state index contributed by atoms with van der Waals surface area (Å²) >= 11 is 5.89. The molecule has 0 bridgehead atoms. The zero-order valence-corrected chi connectivity index (χ0v) is 11.1. The van der Waals surface area contributed by atoms with Crippen LogP contribution in [0.3, 0.4) is 0 Å². The molecular weight excluding hydrogens is 275 g/mol. The second-order valence-electron chi connectivity index (χ2n) is 1.75. The summed E-state index contributed by atoms with van der Waals surface area (Å²) < 4.78 is 1.21. The van der Waals surface area contributed by atoms with E-state index < -0.39 is 0 Å². The molecule has 0 fully saturated rings. The molecule has 1 aromatic heterocycles. The summed E-state index contributed by atoms with van der Waals surface area (Å²) in [5, 5.41) is 0. The van der Waals surface area contributed by atoms with Crippen LogP contribution in [0.2, 0.25) is 0 Å². The molecule has 11 heavy (non-hydrogen) atoms. The fourth-order valence-corrected chi connectivity index (χ4v) is 1.41. The summed E-state index contributed by atoms with van der Waals surface area (Å²) in [7, 11) is 0. The Bertz CT molecular complexity index is 292. The van der Waals surface area contributed by atoms with E-state index in [2.05, 4.69) is 24.7 Å². The normalized spacial score (nSPS) is 9.00. The van der Waals surface area contributed by atoms with Crippen molar-refractivity contribution in [3.05, 3.63) is 29.8 Å². The first-order valence-corrected chi connectivity index (χ1v) is 10.8. The van der Waals surface area contributed by atoms with Crippen molar-refractivity contribution in [2.75, 3.05) is 0 Å². The van der Waals surface area contributed by atoms with Gasteiger partial charge in [-0.25, -0.2) is 0 Å². The Morgan fingerprint density at radius 2 is 2.36 bits per heavy atom. The van der Waals surface area contributed by atoms with Gasteiger partial charge in [-0.1, -0.05) is 4.70 Å². The number of aromatic nitrogens is 1. The molecule has 52 valence electrons. The average molecular weight is 279 g/mol.